The number of likely N-dealkylation sites (tertiary alicyclic amines) is 1. The monoisotopic (exact) mass is 504 g/mol. The Labute approximate surface area is 207 Å². The number of esters is 1. The van der Waals surface area contributed by atoms with Crippen LogP contribution < -0.4 is 4.74 Å². The molecule has 2 aromatic carbocycles. The molecule has 1 fully saturated rings. The fraction of sp³-hybridized carbons (Fsp3) is 0.423. The highest BCUT2D eigenvalue weighted by Gasteiger charge is 2.55. The summed E-state index contributed by atoms with van der Waals surface area (Å²) in [6.07, 6.45) is -5.74. The lowest BCUT2D eigenvalue weighted by Crippen LogP contribution is -2.56. The Hall–Kier alpha value is -3.74. The molecule has 0 unspecified atom stereocenters. The summed E-state index contributed by atoms with van der Waals surface area (Å²) in [5.74, 6) is -1.82. The Bertz CT molecular complexity index is 1110. The van der Waals surface area contributed by atoms with Gasteiger partial charge < -0.3 is 14.2 Å². The van der Waals surface area contributed by atoms with Crippen molar-refractivity contribution in [2.24, 2.45) is 5.92 Å². The van der Waals surface area contributed by atoms with Crippen LogP contribution in [0.4, 0.5) is 18.0 Å². The lowest BCUT2D eigenvalue weighted by atomic mass is 9.86. The lowest BCUT2D eigenvalue weighted by molar-refractivity contribution is -0.274. The molecule has 192 valence electrons. The molecular formula is C26H27F3N2O5. The quantitative estimate of drug-likeness (QED) is 0.490. The summed E-state index contributed by atoms with van der Waals surface area (Å²) in [6.45, 7) is 4.92. The van der Waals surface area contributed by atoms with Crippen molar-refractivity contribution in [2.45, 2.75) is 57.7 Å². The van der Waals surface area contributed by atoms with Gasteiger partial charge in [0.05, 0.1) is 12.0 Å². The summed E-state index contributed by atoms with van der Waals surface area (Å²) in [4.78, 5) is 28.0. The number of hydrogen-bond donors (Lipinski definition) is 0. The molecular weight excluding hydrogens is 477 g/mol. The van der Waals surface area contributed by atoms with Gasteiger partial charge in [0.15, 0.2) is 0 Å². The van der Waals surface area contributed by atoms with E-state index in [-0.39, 0.29) is 26.0 Å². The van der Waals surface area contributed by atoms with Crippen molar-refractivity contribution in [1.29, 1.82) is 5.26 Å². The Balaban J connectivity index is 1.95. The van der Waals surface area contributed by atoms with Gasteiger partial charge in [-0.05, 0) is 50.5 Å². The third kappa shape index (κ3) is 6.90. The Morgan fingerprint density at radius 3 is 2.25 bits per heavy atom. The van der Waals surface area contributed by atoms with Crippen LogP contribution in [0.1, 0.15) is 38.3 Å². The molecule has 36 heavy (non-hydrogen) atoms. The normalized spacial score (nSPS) is 19.9. The summed E-state index contributed by atoms with van der Waals surface area (Å²) in [6, 6.07) is 16.1. The molecule has 7 nitrogen and oxygen atoms in total. The molecule has 1 aliphatic heterocycles. The predicted molar refractivity (Wildman–Crippen MR) is 122 cm³/mol. The van der Waals surface area contributed by atoms with Crippen molar-refractivity contribution in [1.82, 2.24) is 4.90 Å². The van der Waals surface area contributed by atoms with Crippen LogP contribution in [0.5, 0.6) is 5.75 Å². The number of carbonyl (C=O) groups excluding carboxylic acids is 2. The van der Waals surface area contributed by atoms with E-state index in [1.807, 2.05) is 6.07 Å². The van der Waals surface area contributed by atoms with E-state index in [1.54, 1.807) is 45.0 Å². The fourth-order valence-electron chi connectivity index (χ4n) is 4.07. The second-order valence-electron chi connectivity index (χ2n) is 9.58. The van der Waals surface area contributed by atoms with E-state index in [2.05, 4.69) is 10.8 Å². The maximum absolute atomic E-state index is 13.6. The molecule has 0 N–H and O–H groups in total. The molecule has 1 saturated heterocycles. The van der Waals surface area contributed by atoms with E-state index < -0.39 is 41.2 Å². The number of amides is 1. The topological polar surface area (TPSA) is 88.9 Å². The van der Waals surface area contributed by atoms with Crippen LogP contribution in [0.25, 0.3) is 0 Å². The van der Waals surface area contributed by atoms with Crippen molar-refractivity contribution in [2.75, 3.05) is 6.54 Å². The molecule has 3 rings (SSSR count). The maximum atomic E-state index is 13.6. The fourth-order valence-corrected chi connectivity index (χ4v) is 4.07. The molecule has 2 aromatic rings. The molecule has 0 aromatic heterocycles. The van der Waals surface area contributed by atoms with Crippen molar-refractivity contribution in [3.63, 3.8) is 0 Å². The second-order valence-corrected chi connectivity index (χ2v) is 9.58. The highest BCUT2D eigenvalue weighted by atomic mass is 19.4. The van der Waals surface area contributed by atoms with E-state index in [0.29, 0.717) is 5.56 Å². The second kappa shape index (κ2) is 10.5. The first-order valence-electron chi connectivity index (χ1n) is 11.3. The minimum atomic E-state index is -4.84. The average molecular weight is 505 g/mol. The minimum absolute atomic E-state index is 0.0167. The largest absolute Gasteiger partial charge is 0.573 e. The zero-order chi connectivity index (χ0) is 26.6. The van der Waals surface area contributed by atoms with Gasteiger partial charge in [0.1, 0.15) is 23.5 Å². The van der Waals surface area contributed by atoms with Crippen LogP contribution in [0.15, 0.2) is 54.6 Å². The summed E-state index contributed by atoms with van der Waals surface area (Å²) >= 11 is 0. The molecule has 10 heteroatoms. The van der Waals surface area contributed by atoms with E-state index >= 15 is 0 Å². The van der Waals surface area contributed by atoms with Gasteiger partial charge in [-0.2, -0.15) is 5.26 Å². The molecule has 0 saturated carbocycles. The smallest absolute Gasteiger partial charge is 0.459 e. The molecule has 0 radical (unpaired) electrons. The number of rotatable bonds is 6. The average Bonchev–Trinajstić information content (AvgIpc) is 3.17. The molecule has 1 amide bonds. The van der Waals surface area contributed by atoms with E-state index in [9.17, 15) is 28.0 Å². The van der Waals surface area contributed by atoms with Crippen molar-refractivity contribution in [3.05, 3.63) is 65.7 Å². The third-order valence-corrected chi connectivity index (χ3v) is 5.55. The first-order valence-corrected chi connectivity index (χ1v) is 11.3. The van der Waals surface area contributed by atoms with Gasteiger partial charge >= 0.3 is 18.4 Å². The number of halogens is 3. The van der Waals surface area contributed by atoms with Crippen LogP contribution >= 0.6 is 0 Å². The van der Waals surface area contributed by atoms with Gasteiger partial charge in [-0.25, -0.2) is 9.59 Å². The highest BCUT2D eigenvalue weighted by molar-refractivity contribution is 5.87. The van der Waals surface area contributed by atoms with E-state index in [0.717, 1.165) is 17.7 Å². The van der Waals surface area contributed by atoms with Gasteiger partial charge in [-0.1, -0.05) is 42.5 Å². The zero-order valence-corrected chi connectivity index (χ0v) is 20.2. The molecule has 1 heterocycles. The number of nitrogens with zero attached hydrogens (tertiary/aromatic N) is 2. The summed E-state index contributed by atoms with van der Waals surface area (Å²) in [5, 5.41) is 9.63. The summed E-state index contributed by atoms with van der Waals surface area (Å²) < 4.78 is 52.7. The maximum Gasteiger partial charge on any atom is 0.573 e. The third-order valence-electron chi connectivity index (χ3n) is 5.55. The van der Waals surface area contributed by atoms with Crippen molar-refractivity contribution < 1.29 is 37.0 Å². The van der Waals surface area contributed by atoms with Gasteiger partial charge in [-0.15, -0.1) is 13.2 Å². The van der Waals surface area contributed by atoms with E-state index in [4.69, 9.17) is 9.47 Å². The molecule has 1 aliphatic rings. The number of benzene rings is 2. The number of hydrogen-bond acceptors (Lipinski definition) is 6. The van der Waals surface area contributed by atoms with Crippen LogP contribution in [0, 0.1) is 17.2 Å². The number of alkyl halides is 3. The van der Waals surface area contributed by atoms with Crippen molar-refractivity contribution in [3.8, 4) is 11.8 Å². The molecule has 0 bridgehead atoms. The zero-order valence-electron chi connectivity index (χ0n) is 20.2. The van der Waals surface area contributed by atoms with Crippen LogP contribution in [0.3, 0.4) is 0 Å². The Morgan fingerprint density at radius 2 is 1.69 bits per heavy atom. The van der Waals surface area contributed by atoms with Crippen molar-refractivity contribution >= 4 is 12.1 Å². The summed E-state index contributed by atoms with van der Waals surface area (Å²) in [7, 11) is 0. The highest BCUT2D eigenvalue weighted by Crippen LogP contribution is 2.39. The number of nitriles is 1. The predicted octanol–water partition coefficient (Wildman–Crippen LogP) is 5.39. The van der Waals surface area contributed by atoms with Gasteiger partial charge in [-0.3, -0.25) is 4.90 Å². The lowest BCUT2D eigenvalue weighted by Gasteiger charge is -2.37. The number of ether oxygens (including phenoxy) is 3. The summed E-state index contributed by atoms with van der Waals surface area (Å²) in [5.41, 5.74) is -1.27. The van der Waals surface area contributed by atoms with Crippen LogP contribution in [-0.4, -0.2) is 41.0 Å². The minimum Gasteiger partial charge on any atom is -0.459 e. The Morgan fingerprint density at radius 1 is 1.06 bits per heavy atom. The van der Waals surface area contributed by atoms with E-state index in [1.165, 1.54) is 17.0 Å². The first kappa shape index (κ1) is 26.9. The van der Waals surface area contributed by atoms with Gasteiger partial charge in [0.2, 0.25) is 0 Å². The van der Waals surface area contributed by atoms with Gasteiger partial charge in [0, 0.05) is 13.0 Å². The van der Waals surface area contributed by atoms with Crippen LogP contribution in [-0.2, 0) is 27.3 Å². The van der Waals surface area contributed by atoms with Crippen LogP contribution in [0.2, 0.25) is 0 Å². The van der Waals surface area contributed by atoms with Gasteiger partial charge in [0.25, 0.3) is 0 Å². The molecule has 2 atom stereocenters. The SMILES string of the molecule is CC(C)(C)OC(=O)N1C[C@H](C#N)C[C@@]1(Cc1ccc(OC(F)(F)F)cc1)C(=O)OCc1ccccc1. The standard InChI is InChI=1S/C26H27F3N2O5/c1-24(2,3)36-23(33)31-16-20(15-30)14-25(31,22(32)34-17-19-7-5-4-6-8-19)13-18-9-11-21(12-10-18)35-26(27,28)29/h4-12,20H,13-14,16-17H2,1-3H3/t20-,25-/m0/s1. The number of carbonyl (C=O) groups is 2. The molecule has 0 spiro atoms. The first-order chi connectivity index (χ1) is 16.8. The molecule has 0 aliphatic carbocycles. The Kier molecular flexibility index (Phi) is 7.82.